The summed E-state index contributed by atoms with van der Waals surface area (Å²) >= 11 is 0. The Morgan fingerprint density at radius 3 is 1.73 bits per heavy atom. The highest BCUT2D eigenvalue weighted by Crippen LogP contribution is 2.51. The van der Waals surface area contributed by atoms with Gasteiger partial charge in [0.05, 0.1) is 23.0 Å². The molecule has 226 valence electrons. The summed E-state index contributed by atoms with van der Waals surface area (Å²) in [7, 11) is 9.42. The molecule has 45 heavy (non-hydrogen) atoms. The van der Waals surface area contributed by atoms with Crippen molar-refractivity contribution in [2.45, 2.75) is 58.8 Å². The van der Waals surface area contributed by atoms with E-state index in [0.717, 1.165) is 25.0 Å². The summed E-state index contributed by atoms with van der Waals surface area (Å²) in [5, 5.41) is 3.59. The van der Waals surface area contributed by atoms with Gasteiger partial charge in [0.15, 0.2) is 0 Å². The third-order valence-corrected chi connectivity index (χ3v) is 12.0. The van der Waals surface area contributed by atoms with Crippen LogP contribution in [0.15, 0.2) is 127 Å². The van der Waals surface area contributed by atoms with E-state index in [9.17, 15) is 0 Å². The molecule has 0 N–H and O–H groups in total. The van der Waals surface area contributed by atoms with Gasteiger partial charge in [0, 0.05) is 17.8 Å². The number of ether oxygens (including phenoxy) is 1. The van der Waals surface area contributed by atoms with E-state index in [-0.39, 0.29) is 0 Å². The van der Waals surface area contributed by atoms with E-state index >= 15 is 0 Å². The SMILES string of the molecule is [B-][P+](c1ccccc1)(c1ccccc1)c1ccccc1CN([B]CCc1ccc(OC)cc1)c1c(C(C)C)cccc1C(C)C. The monoisotopic (exact) mass is 607 g/mol. The fraction of sp³-hybridized carbons (Fsp3) is 0.250. The van der Waals surface area contributed by atoms with Crippen molar-refractivity contribution in [2.24, 2.45) is 0 Å². The van der Waals surface area contributed by atoms with Crippen LogP contribution in [0.3, 0.4) is 0 Å². The van der Waals surface area contributed by atoms with Crippen molar-refractivity contribution < 1.29 is 4.74 Å². The summed E-state index contributed by atoms with van der Waals surface area (Å²) < 4.78 is 5.39. The smallest absolute Gasteiger partial charge is 0.247 e. The van der Waals surface area contributed by atoms with Gasteiger partial charge in [0.25, 0.3) is 0 Å². The number of aryl methyl sites for hydroxylation is 1. The van der Waals surface area contributed by atoms with E-state index < -0.39 is 7.14 Å². The van der Waals surface area contributed by atoms with Crippen LogP contribution < -0.4 is 25.5 Å². The molecule has 0 aliphatic rings. The summed E-state index contributed by atoms with van der Waals surface area (Å²) in [5.74, 6) is 1.67. The molecular weight excluding hydrogens is 563 g/mol. The van der Waals surface area contributed by atoms with Crippen molar-refractivity contribution >= 4 is 43.7 Å². The summed E-state index contributed by atoms with van der Waals surface area (Å²) in [6.07, 6.45) is 1.86. The van der Waals surface area contributed by atoms with Gasteiger partial charge in [-0.05, 0) is 77.4 Å². The maximum absolute atomic E-state index is 7.71. The average Bonchev–Trinajstić information content (AvgIpc) is 3.08. The van der Waals surface area contributed by atoms with Gasteiger partial charge in [-0.15, -0.1) is 0 Å². The average molecular weight is 607 g/mol. The number of rotatable bonds is 13. The Bertz CT molecular complexity index is 1590. The zero-order chi connectivity index (χ0) is 31.8. The van der Waals surface area contributed by atoms with Crippen molar-refractivity contribution in [2.75, 3.05) is 11.9 Å². The second kappa shape index (κ2) is 15.0. The van der Waals surface area contributed by atoms with Crippen molar-refractivity contribution in [1.82, 2.24) is 0 Å². The lowest BCUT2D eigenvalue weighted by Crippen LogP contribution is -2.36. The zero-order valence-electron chi connectivity index (χ0n) is 27.4. The Labute approximate surface area is 273 Å². The molecule has 5 heteroatoms. The summed E-state index contributed by atoms with van der Waals surface area (Å²) in [4.78, 5) is 2.52. The van der Waals surface area contributed by atoms with E-state index in [1.54, 1.807) is 7.11 Å². The van der Waals surface area contributed by atoms with Gasteiger partial charge >= 0.3 is 0 Å². The van der Waals surface area contributed by atoms with Crippen LogP contribution in [0.25, 0.3) is 0 Å². The first kappa shape index (κ1) is 32.6. The molecule has 0 saturated carbocycles. The molecule has 5 rings (SSSR count). The number of para-hydroxylation sites is 1. The second-order valence-electron chi connectivity index (χ2n) is 12.3. The van der Waals surface area contributed by atoms with E-state index in [2.05, 4.69) is 155 Å². The minimum atomic E-state index is -2.41. The van der Waals surface area contributed by atoms with Crippen molar-refractivity contribution in [1.29, 1.82) is 0 Å². The number of benzene rings is 5. The summed E-state index contributed by atoms with van der Waals surface area (Å²) in [6, 6.07) is 45.4. The maximum Gasteiger partial charge on any atom is 0.247 e. The van der Waals surface area contributed by atoms with Gasteiger partial charge in [0.1, 0.15) is 5.75 Å². The molecule has 0 bridgehead atoms. The number of hydrogen-bond acceptors (Lipinski definition) is 2. The minimum Gasteiger partial charge on any atom is -0.497 e. The van der Waals surface area contributed by atoms with Crippen LogP contribution in [0.1, 0.15) is 61.8 Å². The molecule has 5 aromatic carbocycles. The fourth-order valence-electron chi connectivity index (χ4n) is 6.18. The molecular formula is C40H44B2NOP. The molecule has 0 saturated heterocycles. The number of hydrogen-bond donors (Lipinski definition) is 0. The molecule has 0 aromatic heterocycles. The van der Waals surface area contributed by atoms with Crippen LogP contribution in [-0.4, -0.2) is 22.1 Å². The zero-order valence-corrected chi connectivity index (χ0v) is 28.3. The number of anilines is 1. The molecule has 0 atom stereocenters. The van der Waals surface area contributed by atoms with Gasteiger partial charge < -0.3 is 9.55 Å². The van der Waals surface area contributed by atoms with Crippen LogP contribution >= 0.6 is 7.14 Å². The molecule has 0 amide bonds. The molecule has 0 fully saturated rings. The predicted molar refractivity (Wildman–Crippen MR) is 199 cm³/mol. The van der Waals surface area contributed by atoms with E-state index in [4.69, 9.17) is 12.3 Å². The van der Waals surface area contributed by atoms with Crippen LogP contribution in [0, 0.1) is 0 Å². The largest absolute Gasteiger partial charge is 0.497 e. The van der Waals surface area contributed by atoms with Crippen LogP contribution in [0.4, 0.5) is 5.69 Å². The fourth-order valence-corrected chi connectivity index (χ4v) is 9.24. The first-order valence-electron chi connectivity index (χ1n) is 16.1. The van der Waals surface area contributed by atoms with Crippen LogP contribution in [0.2, 0.25) is 6.32 Å². The Kier molecular flexibility index (Phi) is 10.9. The van der Waals surface area contributed by atoms with Gasteiger partial charge in [-0.1, -0.05) is 119 Å². The van der Waals surface area contributed by atoms with Gasteiger partial charge in [-0.25, -0.2) is 0 Å². The van der Waals surface area contributed by atoms with Crippen LogP contribution in [-0.2, 0) is 13.0 Å². The lowest BCUT2D eigenvalue weighted by Gasteiger charge is -2.39. The van der Waals surface area contributed by atoms with E-state index in [1.807, 2.05) is 12.1 Å². The second-order valence-corrected chi connectivity index (χ2v) is 15.3. The Morgan fingerprint density at radius 2 is 1.20 bits per heavy atom. The highest BCUT2D eigenvalue weighted by molar-refractivity contribution is 8.13. The lowest BCUT2D eigenvalue weighted by molar-refractivity contribution is 0.414. The first-order chi connectivity index (χ1) is 21.8. The predicted octanol–water partition coefficient (Wildman–Crippen LogP) is 8.61. The summed E-state index contributed by atoms with van der Waals surface area (Å²) in [5.41, 5.74) is 6.63. The van der Waals surface area contributed by atoms with E-state index in [0.29, 0.717) is 11.8 Å². The topological polar surface area (TPSA) is 12.5 Å². The third kappa shape index (κ3) is 7.40. The van der Waals surface area contributed by atoms with Crippen molar-refractivity contribution in [3.63, 3.8) is 0 Å². The third-order valence-electron chi connectivity index (χ3n) is 8.61. The first-order valence-corrected chi connectivity index (χ1v) is 17.9. The maximum atomic E-state index is 7.71. The molecule has 2 nitrogen and oxygen atoms in total. The molecule has 0 spiro atoms. The Hall–Kier alpha value is -3.74. The van der Waals surface area contributed by atoms with Crippen molar-refractivity contribution in [3.05, 3.63) is 150 Å². The lowest BCUT2D eigenvalue weighted by atomic mass is 9.79. The number of nitrogens with zero attached hydrogens (tertiary/aromatic N) is 1. The van der Waals surface area contributed by atoms with Gasteiger partial charge in [-0.2, -0.15) is 7.14 Å². The Morgan fingerprint density at radius 1 is 0.667 bits per heavy atom. The number of methoxy groups -OCH3 is 1. The molecule has 5 aromatic rings. The molecule has 0 unspecified atom stereocenters. The molecule has 0 heterocycles. The molecule has 0 aliphatic carbocycles. The molecule has 4 radical (unpaired) electrons. The highest BCUT2D eigenvalue weighted by Gasteiger charge is 2.31. The van der Waals surface area contributed by atoms with Gasteiger partial charge in [-0.3, -0.25) is 7.57 Å². The highest BCUT2D eigenvalue weighted by atomic mass is 31.2. The quantitative estimate of drug-likeness (QED) is 0.0982. The van der Waals surface area contributed by atoms with Gasteiger partial charge in [0.2, 0.25) is 7.41 Å². The molecule has 0 aliphatic heterocycles. The standard InChI is InChI=1S/C40H44B2NOP/c1-30(2)37-20-14-21-38(31(3)4)40(37)43(42-28-27-32-23-25-34(44-5)26-24-32)29-33-15-12-13-22-39(33)45(41,35-16-8-6-9-17-35)36-18-10-7-11-19-36/h6-26,30-31H,27-29H2,1-5H3. The van der Waals surface area contributed by atoms with Crippen molar-refractivity contribution in [3.8, 4) is 5.75 Å². The van der Waals surface area contributed by atoms with Crippen LogP contribution in [0.5, 0.6) is 5.75 Å². The van der Waals surface area contributed by atoms with E-state index in [1.165, 1.54) is 43.9 Å². The normalized spacial score (nSPS) is 11.6. The minimum absolute atomic E-state index is 0.390. The summed E-state index contributed by atoms with van der Waals surface area (Å²) in [6.45, 7) is 9.93. The Balaban J connectivity index is 1.60.